The van der Waals surface area contributed by atoms with E-state index in [9.17, 15) is 10.2 Å². The zero-order valence-corrected chi connectivity index (χ0v) is 21.1. The topological polar surface area (TPSA) is 62.2 Å². The molecule has 1 saturated heterocycles. The Labute approximate surface area is 212 Å². The molecule has 3 fully saturated rings. The number of rotatable bonds is 5. The summed E-state index contributed by atoms with van der Waals surface area (Å²) in [5, 5.41) is 23.1. The van der Waals surface area contributed by atoms with Crippen LogP contribution in [0.25, 0.3) is 0 Å². The number of ether oxygens (including phenoxy) is 2. The first-order valence-electron chi connectivity index (χ1n) is 13.6. The van der Waals surface area contributed by atoms with Crippen LogP contribution >= 0.6 is 0 Å². The summed E-state index contributed by atoms with van der Waals surface area (Å²) in [6, 6.07) is 14.3. The van der Waals surface area contributed by atoms with Crippen molar-refractivity contribution in [3.63, 3.8) is 0 Å². The number of methoxy groups -OCH3 is 1. The molecule has 2 N–H and O–H groups in total. The van der Waals surface area contributed by atoms with Gasteiger partial charge in [0.1, 0.15) is 11.7 Å². The molecule has 5 nitrogen and oxygen atoms in total. The number of hydrogen-bond donors (Lipinski definition) is 2. The van der Waals surface area contributed by atoms with E-state index >= 15 is 0 Å². The van der Waals surface area contributed by atoms with Gasteiger partial charge >= 0.3 is 0 Å². The molecule has 0 unspecified atom stereocenters. The zero-order valence-electron chi connectivity index (χ0n) is 21.1. The summed E-state index contributed by atoms with van der Waals surface area (Å²) in [7, 11) is 1.77. The molecule has 5 aliphatic carbocycles. The third-order valence-electron chi connectivity index (χ3n) is 11.2. The van der Waals surface area contributed by atoms with Gasteiger partial charge in [-0.1, -0.05) is 55.5 Å². The number of likely N-dealkylation sites (tertiary alicyclic amines) is 1. The van der Waals surface area contributed by atoms with Gasteiger partial charge in [-0.15, -0.1) is 0 Å². The molecule has 2 aliphatic heterocycles. The monoisotopic (exact) mass is 485 g/mol. The lowest BCUT2D eigenvalue weighted by molar-refractivity contribution is -0.270. The van der Waals surface area contributed by atoms with Crippen LogP contribution in [0.5, 0.6) is 11.5 Å². The van der Waals surface area contributed by atoms with E-state index in [1.54, 1.807) is 7.11 Å². The fraction of sp³-hybridized carbons (Fsp3) is 0.548. The molecule has 2 spiro atoms. The molecule has 2 aromatic rings. The van der Waals surface area contributed by atoms with Crippen molar-refractivity contribution in [3.8, 4) is 11.5 Å². The number of hydrogen-bond acceptors (Lipinski definition) is 5. The number of fused-ring (bicyclic) bond motifs is 1. The Bertz CT molecular complexity index is 1290. The van der Waals surface area contributed by atoms with Gasteiger partial charge in [0.25, 0.3) is 0 Å². The van der Waals surface area contributed by atoms with Crippen molar-refractivity contribution in [1.82, 2.24) is 4.90 Å². The number of phenols is 1. The van der Waals surface area contributed by atoms with Crippen LogP contribution in [0.2, 0.25) is 0 Å². The molecule has 0 amide bonds. The number of nitrogens with zero attached hydrogens (tertiary/aromatic N) is 1. The maximum atomic E-state index is 12.1. The maximum Gasteiger partial charge on any atom is 0.165 e. The van der Waals surface area contributed by atoms with Crippen molar-refractivity contribution in [2.75, 3.05) is 20.2 Å². The van der Waals surface area contributed by atoms with Crippen LogP contribution in [-0.4, -0.2) is 53.1 Å². The molecule has 188 valence electrons. The van der Waals surface area contributed by atoms with E-state index in [0.29, 0.717) is 11.8 Å². The molecule has 7 aliphatic rings. The normalized spacial score (nSPS) is 42.2. The van der Waals surface area contributed by atoms with Gasteiger partial charge in [0.15, 0.2) is 11.5 Å². The standard InChI is InChI=1S/C31H35NO4/c1-28(26(34)20-6-4-3-5-7-20)18-29-12-13-31(28,35-2)27-30(29)14-15-32(17-19-8-9-19)23(29)16-21-10-11-22(33)25(36-27)24(21)30/h3-7,10-13,19,23,26-27,33-34H,8-9,14-18H2,1-2H3/t23-,26+,27-,28-,29-,30+,31+/m1/s1. The van der Waals surface area contributed by atoms with Crippen molar-refractivity contribution in [2.45, 2.75) is 68.3 Å². The molecule has 2 saturated carbocycles. The molecule has 0 aromatic heterocycles. The highest BCUT2D eigenvalue weighted by atomic mass is 16.6. The number of benzene rings is 2. The predicted molar refractivity (Wildman–Crippen MR) is 136 cm³/mol. The van der Waals surface area contributed by atoms with Crippen LogP contribution in [0.15, 0.2) is 54.6 Å². The van der Waals surface area contributed by atoms with Gasteiger partial charge in [-0.05, 0) is 61.8 Å². The maximum absolute atomic E-state index is 12.1. The predicted octanol–water partition coefficient (Wildman–Crippen LogP) is 4.52. The third-order valence-corrected chi connectivity index (χ3v) is 11.2. The minimum atomic E-state index is -0.826. The van der Waals surface area contributed by atoms with Crippen molar-refractivity contribution >= 4 is 0 Å². The van der Waals surface area contributed by atoms with Crippen LogP contribution in [0.3, 0.4) is 0 Å². The lowest BCUT2D eigenvalue weighted by Crippen LogP contribution is -2.81. The van der Waals surface area contributed by atoms with Gasteiger partial charge in [0, 0.05) is 36.1 Å². The molecule has 2 heterocycles. The van der Waals surface area contributed by atoms with Crippen molar-refractivity contribution in [3.05, 3.63) is 71.3 Å². The van der Waals surface area contributed by atoms with E-state index in [1.807, 2.05) is 36.4 Å². The zero-order chi connectivity index (χ0) is 24.5. The second-order valence-electron chi connectivity index (χ2n) is 12.6. The summed E-state index contributed by atoms with van der Waals surface area (Å²) in [5.74, 6) is 1.69. The number of aliphatic hydroxyl groups excluding tert-OH is 1. The third kappa shape index (κ3) is 2.22. The minimum Gasteiger partial charge on any atom is -0.504 e. The minimum absolute atomic E-state index is 0.193. The van der Waals surface area contributed by atoms with Gasteiger partial charge in [-0.2, -0.15) is 0 Å². The Hall–Kier alpha value is -2.34. The van der Waals surface area contributed by atoms with Crippen LogP contribution < -0.4 is 4.74 Å². The van der Waals surface area contributed by atoms with Gasteiger partial charge < -0.3 is 19.7 Å². The van der Waals surface area contributed by atoms with E-state index in [1.165, 1.54) is 24.0 Å². The Balaban J connectivity index is 1.38. The largest absolute Gasteiger partial charge is 0.504 e. The number of phenolic OH excluding ortho intramolecular Hbond substituents is 1. The van der Waals surface area contributed by atoms with Crippen LogP contribution in [0.1, 0.15) is 55.4 Å². The lowest BCUT2D eigenvalue weighted by Gasteiger charge is -2.74. The van der Waals surface area contributed by atoms with Gasteiger partial charge in [-0.25, -0.2) is 0 Å². The molecule has 7 atom stereocenters. The van der Waals surface area contributed by atoms with E-state index in [0.717, 1.165) is 43.8 Å². The Kier molecular flexibility index (Phi) is 4.07. The highest BCUT2D eigenvalue weighted by Gasteiger charge is 2.82. The Morgan fingerprint density at radius 3 is 2.69 bits per heavy atom. The van der Waals surface area contributed by atoms with Crippen LogP contribution in [0, 0.1) is 16.7 Å². The molecule has 0 radical (unpaired) electrons. The van der Waals surface area contributed by atoms with E-state index in [4.69, 9.17) is 9.47 Å². The molecule has 5 heteroatoms. The van der Waals surface area contributed by atoms with Crippen LogP contribution in [0.4, 0.5) is 0 Å². The molecule has 2 aromatic carbocycles. The number of aliphatic hydroxyl groups is 1. The summed E-state index contributed by atoms with van der Waals surface area (Å²) >= 11 is 0. The summed E-state index contributed by atoms with van der Waals surface area (Å²) in [5.41, 5.74) is 1.56. The van der Waals surface area contributed by atoms with Gasteiger partial charge in [-0.3, -0.25) is 4.90 Å². The Morgan fingerprint density at radius 1 is 1.14 bits per heavy atom. The molecule has 4 bridgehead atoms. The fourth-order valence-corrected chi connectivity index (χ4v) is 9.54. The first-order chi connectivity index (χ1) is 17.4. The molecular formula is C31H35NO4. The highest BCUT2D eigenvalue weighted by Crippen LogP contribution is 2.78. The first kappa shape index (κ1) is 21.7. The van der Waals surface area contributed by atoms with Gasteiger partial charge in [0.05, 0.1) is 11.5 Å². The fourth-order valence-electron chi connectivity index (χ4n) is 9.54. The summed E-state index contributed by atoms with van der Waals surface area (Å²) in [4.78, 5) is 2.76. The molecule has 36 heavy (non-hydrogen) atoms. The van der Waals surface area contributed by atoms with Crippen molar-refractivity contribution in [1.29, 1.82) is 0 Å². The summed E-state index contributed by atoms with van der Waals surface area (Å²) in [6.45, 7) is 4.41. The van der Waals surface area contributed by atoms with E-state index < -0.39 is 17.1 Å². The van der Waals surface area contributed by atoms with E-state index in [2.05, 4.69) is 30.0 Å². The second kappa shape index (κ2) is 6.75. The van der Waals surface area contributed by atoms with E-state index in [-0.39, 0.29) is 22.7 Å². The summed E-state index contributed by atoms with van der Waals surface area (Å²) < 4.78 is 13.4. The highest BCUT2D eigenvalue weighted by molar-refractivity contribution is 5.65. The first-order valence-corrected chi connectivity index (χ1v) is 13.6. The quantitative estimate of drug-likeness (QED) is 0.610. The van der Waals surface area contributed by atoms with Gasteiger partial charge in [0.2, 0.25) is 0 Å². The average Bonchev–Trinajstić information content (AvgIpc) is 3.64. The molecular weight excluding hydrogens is 450 g/mol. The average molecular weight is 486 g/mol. The van der Waals surface area contributed by atoms with Crippen molar-refractivity contribution in [2.24, 2.45) is 16.7 Å². The lowest BCUT2D eigenvalue weighted by atomic mass is 9.33. The smallest absolute Gasteiger partial charge is 0.165 e. The molecule has 9 rings (SSSR count). The summed E-state index contributed by atoms with van der Waals surface area (Å²) in [6.07, 6.45) is 9.13. The van der Waals surface area contributed by atoms with Crippen LogP contribution in [-0.2, 0) is 16.6 Å². The second-order valence-corrected chi connectivity index (χ2v) is 12.6. The number of piperidine rings is 1. The van der Waals surface area contributed by atoms with Crippen molar-refractivity contribution < 1.29 is 19.7 Å². The number of aromatic hydroxyl groups is 1. The Morgan fingerprint density at radius 2 is 1.94 bits per heavy atom. The SMILES string of the molecule is CO[C@]12C=C[C@@]3(C[C@]1(C)[C@@H](O)c1ccccc1)[C@H]1Cc4ccc(O)c5c4[C@@]3(CCN1CC1CC1)[C@H]2O5.